The molecule has 3 aromatic rings. The molecule has 1 aliphatic rings. The van der Waals surface area contributed by atoms with Crippen molar-refractivity contribution in [3.8, 4) is 5.75 Å². The summed E-state index contributed by atoms with van der Waals surface area (Å²) in [5.41, 5.74) is 7.89. The smallest absolute Gasteiger partial charge is 0.248 e. The summed E-state index contributed by atoms with van der Waals surface area (Å²) in [6.45, 7) is 3.82. The van der Waals surface area contributed by atoms with Crippen molar-refractivity contribution < 1.29 is 9.53 Å². The van der Waals surface area contributed by atoms with Crippen LogP contribution in [0.1, 0.15) is 15.9 Å². The lowest BCUT2D eigenvalue weighted by Crippen LogP contribution is -2.47. The van der Waals surface area contributed by atoms with Gasteiger partial charge >= 0.3 is 0 Å². The molecule has 0 spiro atoms. The Morgan fingerprint density at radius 3 is 2.61 bits per heavy atom. The van der Waals surface area contributed by atoms with Gasteiger partial charge in [0.15, 0.2) is 0 Å². The van der Waals surface area contributed by atoms with E-state index in [1.807, 2.05) is 24.3 Å². The highest BCUT2D eigenvalue weighted by Crippen LogP contribution is 2.23. The normalized spacial score (nSPS) is 13.7. The van der Waals surface area contributed by atoms with Crippen molar-refractivity contribution in [2.24, 2.45) is 5.73 Å². The van der Waals surface area contributed by atoms with Crippen LogP contribution < -0.4 is 25.6 Å². The van der Waals surface area contributed by atoms with Gasteiger partial charge < -0.3 is 25.6 Å². The van der Waals surface area contributed by atoms with Crippen molar-refractivity contribution in [2.75, 3.05) is 48.4 Å². The third kappa shape index (κ3) is 5.00. The predicted molar refractivity (Wildman–Crippen MR) is 120 cm³/mol. The minimum absolute atomic E-state index is 0.447. The van der Waals surface area contributed by atoms with Crippen molar-refractivity contribution in [1.29, 1.82) is 0 Å². The van der Waals surface area contributed by atoms with E-state index in [4.69, 9.17) is 10.5 Å². The summed E-state index contributed by atoms with van der Waals surface area (Å²) in [7, 11) is 1.68. The van der Waals surface area contributed by atoms with Gasteiger partial charge in [-0.15, -0.1) is 0 Å². The Hall–Kier alpha value is -3.88. The van der Waals surface area contributed by atoms with E-state index in [0.717, 1.165) is 43.2 Å². The molecule has 3 N–H and O–H groups in total. The summed E-state index contributed by atoms with van der Waals surface area (Å²) in [5, 5.41) is 3.19. The molecule has 1 saturated heterocycles. The van der Waals surface area contributed by atoms with E-state index in [1.54, 1.807) is 25.3 Å². The van der Waals surface area contributed by atoms with Gasteiger partial charge in [0, 0.05) is 50.0 Å². The minimum Gasteiger partial charge on any atom is -0.497 e. The van der Waals surface area contributed by atoms with Crippen LogP contribution in [0, 0.1) is 0 Å². The van der Waals surface area contributed by atoms with Crippen LogP contribution in [0.3, 0.4) is 0 Å². The Kier molecular flexibility index (Phi) is 6.11. The van der Waals surface area contributed by atoms with Gasteiger partial charge in [0.2, 0.25) is 17.8 Å². The Labute approximate surface area is 180 Å². The number of ether oxygens (including phenoxy) is 1. The van der Waals surface area contributed by atoms with Crippen molar-refractivity contribution in [3.63, 3.8) is 0 Å². The highest BCUT2D eigenvalue weighted by Gasteiger charge is 2.20. The van der Waals surface area contributed by atoms with Crippen molar-refractivity contribution >= 4 is 23.5 Å². The summed E-state index contributed by atoms with van der Waals surface area (Å²) in [6.07, 6.45) is 1.51. The molecule has 31 heavy (non-hydrogen) atoms. The van der Waals surface area contributed by atoms with Crippen LogP contribution in [-0.2, 0) is 6.54 Å². The zero-order valence-corrected chi connectivity index (χ0v) is 17.4. The van der Waals surface area contributed by atoms with E-state index in [2.05, 4.69) is 36.1 Å². The Balaban J connectivity index is 1.36. The summed E-state index contributed by atoms with van der Waals surface area (Å²) in [5.74, 6) is 1.55. The maximum atomic E-state index is 11.3. The average Bonchev–Trinajstić information content (AvgIpc) is 2.83. The SMILES string of the molecule is COc1cccc(N2CCN(c3ncnc(NCc4cccc(C(N)=O)c4)n3)CC2)c1. The topological polar surface area (TPSA) is 110 Å². The molecule has 0 bridgehead atoms. The van der Waals surface area contributed by atoms with Gasteiger partial charge in [0.25, 0.3) is 0 Å². The second-order valence-electron chi connectivity index (χ2n) is 7.20. The van der Waals surface area contributed by atoms with Gasteiger partial charge in [0.1, 0.15) is 12.1 Å². The van der Waals surface area contributed by atoms with E-state index in [0.29, 0.717) is 24.0 Å². The lowest BCUT2D eigenvalue weighted by molar-refractivity contribution is 0.1000. The molecule has 1 aliphatic heterocycles. The number of anilines is 3. The molecule has 0 aliphatic carbocycles. The van der Waals surface area contributed by atoms with Crippen LogP contribution in [0.4, 0.5) is 17.6 Å². The van der Waals surface area contributed by atoms with Gasteiger partial charge in [-0.2, -0.15) is 4.98 Å². The number of benzene rings is 2. The first kappa shape index (κ1) is 20.4. The molecule has 0 unspecified atom stereocenters. The zero-order chi connectivity index (χ0) is 21.6. The van der Waals surface area contributed by atoms with E-state index in [9.17, 15) is 4.79 Å². The molecule has 1 amide bonds. The van der Waals surface area contributed by atoms with Crippen LogP contribution in [0.5, 0.6) is 5.75 Å². The Morgan fingerprint density at radius 2 is 1.84 bits per heavy atom. The van der Waals surface area contributed by atoms with E-state index < -0.39 is 5.91 Å². The lowest BCUT2D eigenvalue weighted by atomic mass is 10.1. The monoisotopic (exact) mass is 419 g/mol. The van der Waals surface area contributed by atoms with Gasteiger partial charge in [-0.25, -0.2) is 9.97 Å². The van der Waals surface area contributed by atoms with Crippen LogP contribution in [0.25, 0.3) is 0 Å². The van der Waals surface area contributed by atoms with Crippen molar-refractivity contribution in [1.82, 2.24) is 15.0 Å². The second-order valence-corrected chi connectivity index (χ2v) is 7.20. The summed E-state index contributed by atoms with van der Waals surface area (Å²) in [6, 6.07) is 15.3. The summed E-state index contributed by atoms with van der Waals surface area (Å²) in [4.78, 5) is 28.9. The number of hydrogen-bond acceptors (Lipinski definition) is 8. The number of aromatic nitrogens is 3. The molecular weight excluding hydrogens is 394 g/mol. The van der Waals surface area contributed by atoms with Gasteiger partial charge in [0.05, 0.1) is 7.11 Å². The fraction of sp³-hybridized carbons (Fsp3) is 0.273. The first-order valence-corrected chi connectivity index (χ1v) is 10.1. The average molecular weight is 419 g/mol. The largest absolute Gasteiger partial charge is 0.497 e. The number of piperazine rings is 1. The molecule has 2 heterocycles. The molecule has 0 saturated carbocycles. The molecule has 1 fully saturated rings. The Bertz CT molecular complexity index is 1050. The number of carbonyl (C=O) groups is 1. The standard InChI is InChI=1S/C22H25N7O2/c1-31-19-7-3-6-18(13-19)28-8-10-29(11-9-28)22-26-15-25-21(27-22)24-14-16-4-2-5-17(12-16)20(23)30/h2-7,12-13,15H,8-11,14H2,1H3,(H2,23,30)(H,24,25,26,27). The van der Waals surface area contributed by atoms with Gasteiger partial charge in [-0.05, 0) is 29.8 Å². The van der Waals surface area contributed by atoms with Crippen LogP contribution >= 0.6 is 0 Å². The van der Waals surface area contributed by atoms with Gasteiger partial charge in [-0.1, -0.05) is 18.2 Å². The molecule has 9 heteroatoms. The third-order valence-electron chi connectivity index (χ3n) is 5.20. The second kappa shape index (κ2) is 9.29. The number of rotatable bonds is 7. The predicted octanol–water partition coefficient (Wildman–Crippen LogP) is 1.92. The van der Waals surface area contributed by atoms with Crippen molar-refractivity contribution in [3.05, 3.63) is 66.0 Å². The van der Waals surface area contributed by atoms with Gasteiger partial charge in [-0.3, -0.25) is 4.79 Å². The molecule has 4 rings (SSSR count). The molecule has 0 atom stereocenters. The number of nitrogens with one attached hydrogen (secondary N) is 1. The fourth-order valence-corrected chi connectivity index (χ4v) is 3.51. The highest BCUT2D eigenvalue weighted by molar-refractivity contribution is 5.92. The molecule has 0 radical (unpaired) electrons. The number of carbonyl (C=O) groups excluding carboxylic acids is 1. The first-order valence-electron chi connectivity index (χ1n) is 10.1. The molecular formula is C22H25N7O2. The molecule has 2 aromatic carbocycles. The Morgan fingerprint density at radius 1 is 1.06 bits per heavy atom. The fourth-order valence-electron chi connectivity index (χ4n) is 3.51. The number of nitrogens with zero attached hydrogens (tertiary/aromatic N) is 5. The van der Waals surface area contributed by atoms with E-state index in [-0.39, 0.29) is 0 Å². The maximum Gasteiger partial charge on any atom is 0.248 e. The minimum atomic E-state index is -0.447. The molecule has 9 nitrogen and oxygen atoms in total. The summed E-state index contributed by atoms with van der Waals surface area (Å²) >= 11 is 0. The number of methoxy groups -OCH3 is 1. The maximum absolute atomic E-state index is 11.3. The molecule has 1 aromatic heterocycles. The quantitative estimate of drug-likeness (QED) is 0.598. The summed E-state index contributed by atoms with van der Waals surface area (Å²) < 4.78 is 5.33. The number of amides is 1. The third-order valence-corrected chi connectivity index (χ3v) is 5.20. The van der Waals surface area contributed by atoms with Crippen LogP contribution in [0.2, 0.25) is 0 Å². The van der Waals surface area contributed by atoms with E-state index in [1.165, 1.54) is 6.33 Å². The first-order chi connectivity index (χ1) is 15.1. The number of primary amides is 1. The lowest BCUT2D eigenvalue weighted by Gasteiger charge is -2.36. The number of nitrogens with two attached hydrogens (primary N) is 1. The van der Waals surface area contributed by atoms with Crippen LogP contribution in [0.15, 0.2) is 54.9 Å². The number of hydrogen-bond donors (Lipinski definition) is 2. The van der Waals surface area contributed by atoms with E-state index >= 15 is 0 Å². The zero-order valence-electron chi connectivity index (χ0n) is 17.4. The van der Waals surface area contributed by atoms with Crippen molar-refractivity contribution in [2.45, 2.75) is 6.54 Å². The van der Waals surface area contributed by atoms with Crippen LogP contribution in [-0.4, -0.2) is 54.1 Å². The molecule has 160 valence electrons. The highest BCUT2D eigenvalue weighted by atomic mass is 16.5.